The molecule has 1 fully saturated rings. The smallest absolute Gasteiger partial charge is 0.387 e. The van der Waals surface area contributed by atoms with Crippen molar-refractivity contribution in [1.82, 2.24) is 9.13 Å². The van der Waals surface area contributed by atoms with Crippen molar-refractivity contribution in [1.29, 1.82) is 0 Å². The van der Waals surface area contributed by atoms with E-state index < -0.39 is 58.0 Å². The molecule has 1 aliphatic rings. The lowest BCUT2D eigenvalue weighted by molar-refractivity contribution is -0.0548. The summed E-state index contributed by atoms with van der Waals surface area (Å²) in [5.74, 6) is 0. The summed E-state index contributed by atoms with van der Waals surface area (Å²) < 4.78 is 37.5. The van der Waals surface area contributed by atoms with Crippen LogP contribution in [0.25, 0.3) is 0 Å². The number of rotatable bonds is 9. The third kappa shape index (κ3) is 6.55. The SMILES string of the molecule is O=c1ccn(C2OC(COP(=O)(O)OP(=O)(O)O)C(O)[C@@H]2O)c(=O)n1CCc1ccccc1. The van der Waals surface area contributed by atoms with E-state index in [1.54, 1.807) is 0 Å². The van der Waals surface area contributed by atoms with Crippen LogP contribution in [0.4, 0.5) is 0 Å². The number of benzene rings is 1. The van der Waals surface area contributed by atoms with Gasteiger partial charge in [0, 0.05) is 18.8 Å². The van der Waals surface area contributed by atoms with Gasteiger partial charge in [-0.1, -0.05) is 30.3 Å². The fraction of sp³-hybridized carbons (Fsp3) is 0.412. The van der Waals surface area contributed by atoms with E-state index in [2.05, 4.69) is 8.83 Å². The summed E-state index contributed by atoms with van der Waals surface area (Å²) in [6.45, 7) is -0.876. The normalized spacial score (nSPS) is 25.1. The maximum absolute atomic E-state index is 12.9. The van der Waals surface area contributed by atoms with Gasteiger partial charge in [-0.3, -0.25) is 18.5 Å². The van der Waals surface area contributed by atoms with Crippen molar-refractivity contribution in [3.8, 4) is 0 Å². The van der Waals surface area contributed by atoms with Crippen LogP contribution in [0.2, 0.25) is 0 Å². The largest absolute Gasteiger partial charge is 0.481 e. The number of aromatic nitrogens is 2. The zero-order chi connectivity index (χ0) is 24.4. The molecule has 0 aliphatic carbocycles. The number of ether oxygens (including phenoxy) is 1. The Morgan fingerprint density at radius 1 is 1.00 bits per heavy atom. The maximum atomic E-state index is 12.9. The summed E-state index contributed by atoms with van der Waals surface area (Å²) in [4.78, 5) is 51.6. The Hall–Kier alpha value is -1.96. The highest BCUT2D eigenvalue weighted by molar-refractivity contribution is 7.60. The fourth-order valence-electron chi connectivity index (χ4n) is 3.24. The standard InChI is InChI=1S/C17H22N2O12P2/c20-13-7-9-19(17(23)18(13)8-6-11-4-2-1-3-5-11)16-15(22)14(21)12(30-16)10-29-33(27,28)31-32(24,25)26/h1-5,7,9,12,14-16,21-22H,6,8,10H2,(H,27,28)(H2,24,25,26)/t12?,14?,15-,16?/m0/s1. The molecule has 4 unspecified atom stereocenters. The van der Waals surface area contributed by atoms with E-state index in [0.29, 0.717) is 6.42 Å². The van der Waals surface area contributed by atoms with Crippen LogP contribution in [0.5, 0.6) is 0 Å². The molecule has 2 aromatic rings. The van der Waals surface area contributed by atoms with Gasteiger partial charge in [-0.2, -0.15) is 4.31 Å². The molecule has 16 heteroatoms. The number of aliphatic hydroxyl groups is 2. The summed E-state index contributed by atoms with van der Waals surface area (Å²) in [6.07, 6.45) is -4.91. The Morgan fingerprint density at radius 2 is 1.67 bits per heavy atom. The fourth-order valence-corrected chi connectivity index (χ4v) is 4.84. The Bertz CT molecular complexity index is 1180. The molecule has 1 saturated heterocycles. The van der Waals surface area contributed by atoms with Gasteiger partial charge in [-0.15, -0.1) is 0 Å². The number of nitrogens with zero attached hydrogens (tertiary/aromatic N) is 2. The van der Waals surface area contributed by atoms with Crippen LogP contribution in [-0.2, 0) is 35.7 Å². The summed E-state index contributed by atoms with van der Waals surface area (Å²) in [7, 11) is -10.6. The molecule has 5 N–H and O–H groups in total. The highest BCUT2D eigenvalue weighted by Gasteiger charge is 2.45. The van der Waals surface area contributed by atoms with Crippen molar-refractivity contribution in [2.45, 2.75) is 37.5 Å². The van der Waals surface area contributed by atoms with E-state index in [9.17, 15) is 33.8 Å². The summed E-state index contributed by atoms with van der Waals surface area (Å²) in [6, 6.07) is 10.2. The van der Waals surface area contributed by atoms with Crippen LogP contribution in [-0.4, -0.2) is 58.9 Å². The molecule has 0 radical (unpaired) electrons. The highest BCUT2D eigenvalue weighted by Crippen LogP contribution is 2.57. The maximum Gasteiger partial charge on any atom is 0.481 e. The topological polar surface area (TPSA) is 207 Å². The van der Waals surface area contributed by atoms with Crippen molar-refractivity contribution in [2.75, 3.05) is 6.61 Å². The van der Waals surface area contributed by atoms with E-state index in [-0.39, 0.29) is 6.54 Å². The van der Waals surface area contributed by atoms with Gasteiger partial charge >= 0.3 is 21.3 Å². The first-order valence-corrected chi connectivity index (χ1v) is 12.5. The molecule has 0 amide bonds. The van der Waals surface area contributed by atoms with Gasteiger partial charge in [-0.05, 0) is 12.0 Å². The highest BCUT2D eigenvalue weighted by atomic mass is 31.3. The molecular formula is C17H22N2O12P2. The van der Waals surface area contributed by atoms with Crippen LogP contribution in [0.3, 0.4) is 0 Å². The minimum atomic E-state index is -5.35. The average Bonchev–Trinajstić information content (AvgIpc) is 3.00. The minimum absolute atomic E-state index is 0.0356. The molecule has 0 spiro atoms. The second kappa shape index (κ2) is 10.1. The van der Waals surface area contributed by atoms with Gasteiger partial charge in [0.25, 0.3) is 5.56 Å². The van der Waals surface area contributed by atoms with Crippen molar-refractivity contribution in [2.24, 2.45) is 0 Å². The summed E-state index contributed by atoms with van der Waals surface area (Å²) >= 11 is 0. The van der Waals surface area contributed by atoms with Crippen LogP contribution in [0, 0.1) is 0 Å². The lowest BCUT2D eigenvalue weighted by Crippen LogP contribution is -2.43. The average molecular weight is 508 g/mol. The second-order valence-corrected chi connectivity index (χ2v) is 9.94. The van der Waals surface area contributed by atoms with Crippen molar-refractivity contribution in [3.05, 3.63) is 69.0 Å². The predicted molar refractivity (Wildman–Crippen MR) is 110 cm³/mol. The van der Waals surface area contributed by atoms with Crippen LogP contribution >= 0.6 is 15.6 Å². The molecule has 5 atom stereocenters. The van der Waals surface area contributed by atoms with E-state index in [4.69, 9.17) is 14.5 Å². The molecular weight excluding hydrogens is 486 g/mol. The quantitative estimate of drug-likeness (QED) is 0.261. The van der Waals surface area contributed by atoms with E-state index in [1.165, 1.54) is 0 Å². The van der Waals surface area contributed by atoms with Crippen molar-refractivity contribution >= 4 is 15.6 Å². The number of hydrogen-bond donors (Lipinski definition) is 5. The van der Waals surface area contributed by atoms with E-state index >= 15 is 0 Å². The molecule has 33 heavy (non-hydrogen) atoms. The summed E-state index contributed by atoms with van der Waals surface area (Å²) in [5.41, 5.74) is -0.528. The molecule has 1 aliphatic heterocycles. The second-order valence-electron chi connectivity index (χ2n) is 7.11. The van der Waals surface area contributed by atoms with Crippen LogP contribution in [0.1, 0.15) is 11.8 Å². The lowest BCUT2D eigenvalue weighted by atomic mass is 10.1. The zero-order valence-corrected chi connectivity index (χ0v) is 18.6. The number of aliphatic hydroxyl groups excluding tert-OH is 2. The van der Waals surface area contributed by atoms with Gasteiger partial charge in [0.2, 0.25) is 0 Å². The van der Waals surface area contributed by atoms with Gasteiger partial charge in [0.05, 0.1) is 6.61 Å². The molecule has 1 aromatic heterocycles. The van der Waals surface area contributed by atoms with Gasteiger partial charge in [0.15, 0.2) is 6.23 Å². The molecule has 0 bridgehead atoms. The monoisotopic (exact) mass is 508 g/mol. The third-order valence-electron chi connectivity index (χ3n) is 4.79. The van der Waals surface area contributed by atoms with Gasteiger partial charge < -0.3 is 29.6 Å². The lowest BCUT2D eigenvalue weighted by Gasteiger charge is -2.19. The molecule has 14 nitrogen and oxygen atoms in total. The molecule has 2 heterocycles. The molecule has 3 rings (SSSR count). The predicted octanol–water partition coefficient (Wildman–Crippen LogP) is -0.902. The molecule has 182 valence electrons. The number of hydrogen-bond acceptors (Lipinski definition) is 9. The first-order valence-electron chi connectivity index (χ1n) is 9.50. The first kappa shape index (κ1) is 25.7. The Balaban J connectivity index is 1.75. The van der Waals surface area contributed by atoms with E-state index in [1.807, 2.05) is 30.3 Å². The molecule has 1 aromatic carbocycles. The van der Waals surface area contributed by atoms with Gasteiger partial charge in [-0.25, -0.2) is 13.9 Å². The Kier molecular flexibility index (Phi) is 7.87. The summed E-state index contributed by atoms with van der Waals surface area (Å²) in [5, 5.41) is 20.5. The number of phosphoric ester groups is 1. The van der Waals surface area contributed by atoms with Crippen LogP contribution in [0.15, 0.2) is 52.2 Å². The minimum Gasteiger partial charge on any atom is -0.387 e. The molecule has 0 saturated carbocycles. The van der Waals surface area contributed by atoms with Gasteiger partial charge in [0.1, 0.15) is 18.3 Å². The van der Waals surface area contributed by atoms with Crippen molar-refractivity contribution < 1.29 is 47.6 Å². The number of phosphoric acid groups is 2. The van der Waals surface area contributed by atoms with E-state index in [0.717, 1.165) is 27.0 Å². The Labute approximate surface area is 186 Å². The zero-order valence-electron chi connectivity index (χ0n) is 16.9. The van der Waals surface area contributed by atoms with Crippen molar-refractivity contribution in [3.63, 3.8) is 0 Å². The third-order valence-corrected chi connectivity index (χ3v) is 6.94. The Morgan fingerprint density at radius 3 is 2.30 bits per heavy atom. The van der Waals surface area contributed by atoms with Crippen LogP contribution < -0.4 is 11.2 Å². The number of aryl methyl sites for hydroxylation is 1. The first-order chi connectivity index (χ1) is 15.4.